The summed E-state index contributed by atoms with van der Waals surface area (Å²) < 4.78 is 0. The average Bonchev–Trinajstić information content (AvgIpc) is 2.45. The molecule has 0 radical (unpaired) electrons. The summed E-state index contributed by atoms with van der Waals surface area (Å²) >= 11 is 0. The lowest BCUT2D eigenvalue weighted by molar-refractivity contribution is 0.0914. The van der Waals surface area contributed by atoms with Crippen molar-refractivity contribution in [1.82, 2.24) is 15.3 Å². The van der Waals surface area contributed by atoms with Crippen molar-refractivity contribution in [2.24, 2.45) is 0 Å². The maximum atomic E-state index is 12.1. The molecule has 1 aromatic carbocycles. The highest BCUT2D eigenvalue weighted by atomic mass is 16.2. The number of benzene rings is 1. The lowest BCUT2D eigenvalue weighted by Gasteiger charge is -2.23. The third-order valence-electron chi connectivity index (χ3n) is 3.37. The van der Waals surface area contributed by atoms with E-state index in [1.807, 2.05) is 39.0 Å². The lowest BCUT2D eigenvalue weighted by atomic mass is 9.86. The Morgan fingerprint density at radius 3 is 2.17 bits per heavy atom. The van der Waals surface area contributed by atoms with E-state index in [2.05, 4.69) is 47.4 Å². The maximum absolute atomic E-state index is 12.1. The summed E-state index contributed by atoms with van der Waals surface area (Å²) in [6, 6.07) is 8.12. The molecule has 0 unspecified atom stereocenters. The highest BCUT2D eigenvalue weighted by Gasteiger charge is 2.19. The van der Waals surface area contributed by atoms with Gasteiger partial charge in [0, 0.05) is 11.2 Å². The van der Waals surface area contributed by atoms with Gasteiger partial charge in [-0.2, -0.15) is 0 Å². The summed E-state index contributed by atoms with van der Waals surface area (Å²) in [6.07, 6.45) is 3.07. The number of carbonyl (C=O) groups is 1. The first-order chi connectivity index (χ1) is 11.1. The monoisotopic (exact) mass is 326 g/mol. The smallest absolute Gasteiger partial charge is 0.271 e. The summed E-state index contributed by atoms with van der Waals surface area (Å²) in [5.41, 5.74) is 2.21. The van der Waals surface area contributed by atoms with E-state index in [0.717, 1.165) is 5.69 Å². The summed E-state index contributed by atoms with van der Waals surface area (Å²) in [4.78, 5) is 20.6. The van der Waals surface area contributed by atoms with Gasteiger partial charge >= 0.3 is 0 Å². The molecule has 2 rings (SSSR count). The zero-order chi connectivity index (χ0) is 18.0. The van der Waals surface area contributed by atoms with Crippen LogP contribution in [-0.4, -0.2) is 21.4 Å². The molecule has 0 saturated heterocycles. The molecule has 1 aromatic heterocycles. The van der Waals surface area contributed by atoms with Crippen LogP contribution in [0.4, 0.5) is 11.5 Å². The van der Waals surface area contributed by atoms with Gasteiger partial charge in [0.15, 0.2) is 0 Å². The van der Waals surface area contributed by atoms with Crippen molar-refractivity contribution in [1.29, 1.82) is 0 Å². The van der Waals surface area contributed by atoms with Gasteiger partial charge in [0.05, 0.1) is 12.4 Å². The highest BCUT2D eigenvalue weighted by Crippen LogP contribution is 2.30. The molecule has 1 amide bonds. The van der Waals surface area contributed by atoms with Crippen LogP contribution in [-0.2, 0) is 5.41 Å². The number of hydrogen-bond donors (Lipinski definition) is 2. The molecule has 0 atom stereocenters. The summed E-state index contributed by atoms with van der Waals surface area (Å²) in [5, 5.41) is 6.16. The fraction of sp³-hybridized carbons (Fsp3) is 0.421. The first-order valence-electron chi connectivity index (χ1n) is 8.07. The molecular weight excluding hydrogens is 300 g/mol. The third kappa shape index (κ3) is 4.78. The maximum Gasteiger partial charge on any atom is 0.271 e. The Labute approximate surface area is 143 Å². The van der Waals surface area contributed by atoms with Gasteiger partial charge in [-0.15, -0.1) is 0 Å². The predicted octanol–water partition coefficient (Wildman–Crippen LogP) is 4.05. The number of amides is 1. The average molecular weight is 326 g/mol. The third-order valence-corrected chi connectivity index (χ3v) is 3.37. The van der Waals surface area contributed by atoms with Crippen LogP contribution in [0.25, 0.3) is 0 Å². The van der Waals surface area contributed by atoms with Crippen molar-refractivity contribution in [3.8, 4) is 0 Å². The van der Waals surface area contributed by atoms with E-state index in [4.69, 9.17) is 0 Å². The van der Waals surface area contributed by atoms with Gasteiger partial charge < -0.3 is 10.6 Å². The Morgan fingerprint density at radius 1 is 0.958 bits per heavy atom. The van der Waals surface area contributed by atoms with Crippen molar-refractivity contribution in [2.45, 2.75) is 52.5 Å². The van der Waals surface area contributed by atoms with Gasteiger partial charge in [0.2, 0.25) is 0 Å². The van der Waals surface area contributed by atoms with Gasteiger partial charge in [0.1, 0.15) is 11.5 Å². The quantitative estimate of drug-likeness (QED) is 0.893. The first kappa shape index (κ1) is 17.9. The SMILES string of the molecule is CC(C)(C)NC(=O)c1cnc(Nc2ccccc2C(C)(C)C)cn1. The molecular formula is C19H26N4O. The Hall–Kier alpha value is -2.43. The zero-order valence-electron chi connectivity index (χ0n) is 15.3. The molecule has 2 aromatic rings. The van der Waals surface area contributed by atoms with Crippen molar-refractivity contribution < 1.29 is 4.79 Å². The van der Waals surface area contributed by atoms with Crippen molar-refractivity contribution in [2.75, 3.05) is 5.32 Å². The number of aromatic nitrogens is 2. The van der Waals surface area contributed by atoms with Crippen molar-refractivity contribution >= 4 is 17.4 Å². The number of nitrogens with zero attached hydrogens (tertiary/aromatic N) is 2. The standard InChI is InChI=1S/C19H26N4O/c1-18(2,3)13-9-7-8-10-14(13)22-16-12-20-15(11-21-16)17(24)23-19(4,5)6/h7-12H,1-6H3,(H,21,22)(H,23,24). The molecule has 128 valence electrons. The van der Waals surface area contributed by atoms with Crippen LogP contribution in [0.2, 0.25) is 0 Å². The van der Waals surface area contributed by atoms with E-state index in [-0.39, 0.29) is 16.9 Å². The summed E-state index contributed by atoms with van der Waals surface area (Å²) in [6.45, 7) is 12.3. The Kier molecular flexibility index (Phi) is 4.92. The second kappa shape index (κ2) is 6.59. The summed E-state index contributed by atoms with van der Waals surface area (Å²) in [7, 11) is 0. The van der Waals surface area contributed by atoms with Gasteiger partial charge in [-0.05, 0) is 37.8 Å². The lowest BCUT2D eigenvalue weighted by Crippen LogP contribution is -2.40. The van der Waals surface area contributed by atoms with E-state index in [0.29, 0.717) is 11.5 Å². The fourth-order valence-corrected chi connectivity index (χ4v) is 2.30. The number of rotatable bonds is 3. The molecule has 0 aliphatic carbocycles. The minimum absolute atomic E-state index is 0.0174. The van der Waals surface area contributed by atoms with Gasteiger partial charge in [0.25, 0.3) is 5.91 Å². The normalized spacial score (nSPS) is 11.9. The first-order valence-corrected chi connectivity index (χ1v) is 8.07. The Balaban J connectivity index is 2.17. The van der Waals surface area contributed by atoms with Crippen LogP contribution in [0.15, 0.2) is 36.7 Å². The van der Waals surface area contributed by atoms with Crippen LogP contribution in [0, 0.1) is 0 Å². The van der Waals surface area contributed by atoms with Crippen molar-refractivity contribution in [3.05, 3.63) is 47.9 Å². The van der Waals surface area contributed by atoms with E-state index < -0.39 is 0 Å². The summed E-state index contributed by atoms with van der Waals surface area (Å²) in [5.74, 6) is 0.385. The molecule has 1 heterocycles. The number of hydrogen-bond acceptors (Lipinski definition) is 4. The minimum Gasteiger partial charge on any atom is -0.346 e. The zero-order valence-corrected chi connectivity index (χ0v) is 15.3. The molecule has 0 bridgehead atoms. The van der Waals surface area contributed by atoms with Crippen LogP contribution in [0.3, 0.4) is 0 Å². The largest absolute Gasteiger partial charge is 0.346 e. The highest BCUT2D eigenvalue weighted by molar-refractivity contribution is 5.92. The molecule has 0 aliphatic heterocycles. The Morgan fingerprint density at radius 2 is 1.62 bits per heavy atom. The number of nitrogens with one attached hydrogen (secondary N) is 2. The van der Waals surface area contributed by atoms with Crippen molar-refractivity contribution in [3.63, 3.8) is 0 Å². The van der Waals surface area contributed by atoms with E-state index >= 15 is 0 Å². The minimum atomic E-state index is -0.304. The van der Waals surface area contributed by atoms with Gasteiger partial charge in [-0.3, -0.25) is 4.79 Å². The van der Waals surface area contributed by atoms with Crippen LogP contribution < -0.4 is 10.6 Å². The molecule has 0 spiro atoms. The molecule has 0 aliphatic rings. The number of para-hydroxylation sites is 1. The molecule has 5 heteroatoms. The second-order valence-corrected chi connectivity index (χ2v) is 7.91. The molecule has 0 saturated carbocycles. The fourth-order valence-electron chi connectivity index (χ4n) is 2.30. The Bertz CT molecular complexity index is 709. The molecule has 5 nitrogen and oxygen atoms in total. The van der Waals surface area contributed by atoms with E-state index in [1.165, 1.54) is 11.8 Å². The second-order valence-electron chi connectivity index (χ2n) is 7.91. The van der Waals surface area contributed by atoms with Crippen LogP contribution in [0.1, 0.15) is 57.6 Å². The van der Waals surface area contributed by atoms with Gasteiger partial charge in [-0.25, -0.2) is 9.97 Å². The molecule has 24 heavy (non-hydrogen) atoms. The van der Waals surface area contributed by atoms with Gasteiger partial charge in [-0.1, -0.05) is 39.0 Å². The van der Waals surface area contributed by atoms with E-state index in [9.17, 15) is 4.79 Å². The topological polar surface area (TPSA) is 66.9 Å². The molecule has 0 fully saturated rings. The molecule has 2 N–H and O–H groups in total. The van der Waals surface area contributed by atoms with Crippen LogP contribution >= 0.6 is 0 Å². The number of carbonyl (C=O) groups excluding carboxylic acids is 1. The van der Waals surface area contributed by atoms with E-state index in [1.54, 1.807) is 6.20 Å². The number of anilines is 2. The van der Waals surface area contributed by atoms with Crippen LogP contribution in [0.5, 0.6) is 0 Å². The predicted molar refractivity (Wildman–Crippen MR) is 97.7 cm³/mol.